The van der Waals surface area contributed by atoms with Crippen molar-refractivity contribution in [1.29, 1.82) is 0 Å². The van der Waals surface area contributed by atoms with E-state index >= 15 is 0 Å². The van der Waals surface area contributed by atoms with Crippen LogP contribution in [0.15, 0.2) is 11.3 Å². The summed E-state index contributed by atoms with van der Waals surface area (Å²) in [7, 11) is 0. The molecule has 0 radical (unpaired) electrons. The van der Waals surface area contributed by atoms with Gasteiger partial charge in [-0.3, -0.25) is 9.69 Å². The van der Waals surface area contributed by atoms with Gasteiger partial charge in [-0.15, -0.1) is 22.0 Å². The van der Waals surface area contributed by atoms with Crippen molar-refractivity contribution in [3.05, 3.63) is 16.3 Å². The zero-order valence-corrected chi connectivity index (χ0v) is 12.8. The van der Waals surface area contributed by atoms with E-state index < -0.39 is 17.9 Å². The van der Waals surface area contributed by atoms with Crippen LogP contribution in [-0.4, -0.2) is 54.1 Å². The molecule has 0 aromatic carbocycles. The van der Waals surface area contributed by atoms with E-state index in [1.807, 2.05) is 0 Å². The fourth-order valence-corrected chi connectivity index (χ4v) is 4.45. The van der Waals surface area contributed by atoms with Crippen molar-refractivity contribution in [2.24, 2.45) is 5.73 Å². The van der Waals surface area contributed by atoms with E-state index in [1.165, 1.54) is 16.7 Å². The summed E-state index contributed by atoms with van der Waals surface area (Å²) >= 11 is 7.74. The number of β-lactam (4-membered cyclic amide) rings is 1. The molecule has 0 saturated carbocycles. The van der Waals surface area contributed by atoms with Crippen molar-refractivity contribution in [3.63, 3.8) is 0 Å². The summed E-state index contributed by atoms with van der Waals surface area (Å²) in [5, 5.41) is 17.2. The van der Waals surface area contributed by atoms with E-state index in [4.69, 9.17) is 23.7 Å². The predicted molar refractivity (Wildman–Crippen MR) is 81.8 cm³/mol. The molecule has 0 aliphatic carbocycles. The molecule has 1 aromatic rings. The van der Waals surface area contributed by atoms with Crippen molar-refractivity contribution in [3.8, 4) is 0 Å². The molecule has 1 amide bonds. The Hall–Kier alpha value is -1.56. The third kappa shape index (κ3) is 2.12. The highest BCUT2D eigenvalue weighted by atomic mass is 32.2. The Morgan fingerprint density at radius 2 is 2.19 bits per heavy atom. The number of nitrogen functional groups attached to an aromatic ring is 1. The quantitative estimate of drug-likeness (QED) is 0.374. The lowest BCUT2D eigenvalue weighted by Gasteiger charge is -2.47. The summed E-state index contributed by atoms with van der Waals surface area (Å²) in [6, 6.07) is -0.670. The molecule has 2 aliphatic heterocycles. The SMILES string of the molecule is Nc1nnc(C(=S)C2=C(C(=O)O)N3C(=O)C(N)[C@@H]3SC2)s1. The number of anilines is 1. The van der Waals surface area contributed by atoms with Gasteiger partial charge in [-0.1, -0.05) is 23.6 Å². The highest BCUT2D eigenvalue weighted by molar-refractivity contribution is 8.00. The standard InChI is InChI=1S/C10H9N5O3S3/c11-3-7(16)15-4(9(17)18)2(1-20-8(3)15)5(19)6-13-14-10(12)21-6/h3,8H,1,11H2,(H2,12,14)(H,17,18)/t3?,8-/m0/s1. The number of hydrogen-bond acceptors (Lipinski definition) is 9. The molecule has 110 valence electrons. The van der Waals surface area contributed by atoms with Gasteiger partial charge in [-0.25, -0.2) is 4.79 Å². The summed E-state index contributed by atoms with van der Waals surface area (Å²) in [5.41, 5.74) is 11.4. The molecule has 3 heterocycles. The van der Waals surface area contributed by atoms with Crippen LogP contribution in [0.3, 0.4) is 0 Å². The molecular formula is C10H9N5O3S3. The number of aromatic nitrogens is 2. The molecule has 2 atom stereocenters. The van der Waals surface area contributed by atoms with Gasteiger partial charge in [0.05, 0.1) is 4.86 Å². The smallest absolute Gasteiger partial charge is 0.353 e. The van der Waals surface area contributed by atoms with Gasteiger partial charge in [0.2, 0.25) is 11.0 Å². The maximum absolute atomic E-state index is 11.8. The van der Waals surface area contributed by atoms with Crippen molar-refractivity contribution >= 4 is 57.2 Å². The molecule has 1 fully saturated rings. The first kappa shape index (κ1) is 14.4. The molecule has 5 N–H and O–H groups in total. The number of thiocarbonyl (C=S) groups is 1. The van der Waals surface area contributed by atoms with Crippen LogP contribution in [0.1, 0.15) is 5.01 Å². The minimum absolute atomic E-state index is 0.121. The number of amides is 1. The monoisotopic (exact) mass is 343 g/mol. The maximum Gasteiger partial charge on any atom is 0.353 e. The van der Waals surface area contributed by atoms with Crippen LogP contribution in [-0.2, 0) is 9.59 Å². The summed E-state index contributed by atoms with van der Waals surface area (Å²) in [4.78, 5) is 24.8. The number of carbonyl (C=O) groups excluding carboxylic acids is 1. The molecule has 3 rings (SSSR count). The number of hydrogen-bond donors (Lipinski definition) is 3. The lowest BCUT2D eigenvalue weighted by molar-refractivity contribution is -0.147. The number of carbonyl (C=O) groups is 2. The second kappa shape index (κ2) is 5.02. The highest BCUT2D eigenvalue weighted by Gasteiger charge is 2.52. The molecule has 21 heavy (non-hydrogen) atoms. The largest absolute Gasteiger partial charge is 0.477 e. The Labute approximate surface area is 132 Å². The van der Waals surface area contributed by atoms with Crippen LogP contribution in [0.25, 0.3) is 0 Å². The van der Waals surface area contributed by atoms with Crippen LogP contribution in [0.5, 0.6) is 0 Å². The average molecular weight is 343 g/mol. The summed E-state index contributed by atoms with van der Waals surface area (Å²) in [5.74, 6) is -1.28. The van der Waals surface area contributed by atoms with Crippen LogP contribution in [0, 0.1) is 0 Å². The molecular weight excluding hydrogens is 334 g/mol. The Kier molecular flexibility index (Phi) is 3.43. The zero-order chi connectivity index (χ0) is 15.3. The normalized spacial score (nSPS) is 24.6. The van der Waals surface area contributed by atoms with E-state index in [9.17, 15) is 14.7 Å². The van der Waals surface area contributed by atoms with E-state index in [-0.39, 0.29) is 21.1 Å². The van der Waals surface area contributed by atoms with E-state index in [0.717, 1.165) is 11.3 Å². The fraction of sp³-hybridized carbons (Fsp3) is 0.300. The molecule has 11 heteroatoms. The summed E-state index contributed by atoms with van der Waals surface area (Å²) in [6.07, 6.45) is 0. The zero-order valence-electron chi connectivity index (χ0n) is 10.3. The topological polar surface area (TPSA) is 135 Å². The fourth-order valence-electron chi connectivity index (χ4n) is 2.15. The number of aliphatic carboxylic acids is 1. The first-order valence-corrected chi connectivity index (χ1v) is 7.99. The molecule has 8 nitrogen and oxygen atoms in total. The number of thioether (sulfide) groups is 1. The molecule has 2 aliphatic rings. The first-order valence-electron chi connectivity index (χ1n) is 5.72. The molecule has 1 aromatic heterocycles. The third-order valence-electron chi connectivity index (χ3n) is 3.12. The minimum atomic E-state index is -1.21. The van der Waals surface area contributed by atoms with Gasteiger partial charge in [-0.2, -0.15) is 0 Å². The number of carboxylic acids is 1. The van der Waals surface area contributed by atoms with Gasteiger partial charge in [0.25, 0.3) is 0 Å². The Balaban J connectivity index is 2.04. The van der Waals surface area contributed by atoms with Gasteiger partial charge in [0.1, 0.15) is 17.1 Å². The number of nitrogens with zero attached hydrogens (tertiary/aromatic N) is 3. The molecule has 1 saturated heterocycles. The number of fused-ring (bicyclic) bond motifs is 1. The lowest BCUT2D eigenvalue weighted by atomic mass is 10.0. The number of nitrogens with two attached hydrogens (primary N) is 2. The Morgan fingerprint density at radius 1 is 1.48 bits per heavy atom. The van der Waals surface area contributed by atoms with Crippen molar-refractivity contribution < 1.29 is 14.7 Å². The average Bonchev–Trinajstić information content (AvgIpc) is 2.90. The lowest BCUT2D eigenvalue weighted by Crippen LogP contribution is -2.68. The van der Waals surface area contributed by atoms with Crippen molar-refractivity contribution in [1.82, 2.24) is 15.1 Å². The van der Waals surface area contributed by atoms with Gasteiger partial charge in [0, 0.05) is 11.3 Å². The molecule has 0 bridgehead atoms. The first-order chi connectivity index (χ1) is 9.91. The molecule has 1 unspecified atom stereocenters. The predicted octanol–water partition coefficient (Wildman–Crippen LogP) is -0.581. The highest BCUT2D eigenvalue weighted by Crippen LogP contribution is 2.40. The number of rotatable bonds is 3. The van der Waals surface area contributed by atoms with Crippen molar-refractivity contribution in [2.45, 2.75) is 11.4 Å². The maximum atomic E-state index is 11.8. The second-order valence-electron chi connectivity index (χ2n) is 4.34. The van der Waals surface area contributed by atoms with Crippen molar-refractivity contribution in [2.75, 3.05) is 11.5 Å². The Bertz CT molecular complexity index is 700. The summed E-state index contributed by atoms with van der Waals surface area (Å²) < 4.78 is 0. The van der Waals surface area contributed by atoms with E-state index in [0.29, 0.717) is 16.3 Å². The van der Waals surface area contributed by atoms with Gasteiger partial charge < -0.3 is 16.6 Å². The van der Waals surface area contributed by atoms with Crippen LogP contribution in [0.4, 0.5) is 5.13 Å². The van der Waals surface area contributed by atoms with Gasteiger partial charge in [0.15, 0.2) is 5.01 Å². The van der Waals surface area contributed by atoms with Crippen LogP contribution in [0.2, 0.25) is 0 Å². The minimum Gasteiger partial charge on any atom is -0.477 e. The van der Waals surface area contributed by atoms with Gasteiger partial charge in [-0.05, 0) is 0 Å². The number of carboxylic acid groups (broad SMARTS) is 1. The third-order valence-corrected chi connectivity index (χ3v) is 5.76. The second-order valence-corrected chi connectivity index (χ2v) is 6.86. The van der Waals surface area contributed by atoms with E-state index in [2.05, 4.69) is 10.2 Å². The molecule has 0 spiro atoms. The summed E-state index contributed by atoms with van der Waals surface area (Å²) in [6.45, 7) is 0. The van der Waals surface area contributed by atoms with E-state index in [1.54, 1.807) is 0 Å². The van der Waals surface area contributed by atoms with Crippen LogP contribution >= 0.6 is 35.3 Å². The Morgan fingerprint density at radius 3 is 2.76 bits per heavy atom. The van der Waals surface area contributed by atoms with Gasteiger partial charge >= 0.3 is 5.97 Å². The van der Waals surface area contributed by atoms with Crippen LogP contribution < -0.4 is 11.5 Å².